The normalized spacial score (nSPS) is 20.2. The standard InChI is InChI=1S/C20H14BrN3O3S/c21-19-9-8-18(28-19)15-11-16-14-6-1-2-7-17(14)27-20(23(16)22-15)12-4-3-5-13(10-12)24(25)26/h1-10,16,20H,11H2/t16-,20+/m1/s1. The van der Waals surface area contributed by atoms with E-state index in [1.165, 1.54) is 6.07 Å². The fourth-order valence-corrected chi connectivity index (χ4v) is 5.04. The summed E-state index contributed by atoms with van der Waals surface area (Å²) in [6.07, 6.45) is 0.249. The molecule has 0 fully saturated rings. The lowest BCUT2D eigenvalue weighted by Gasteiger charge is -2.38. The Balaban J connectivity index is 1.60. The zero-order valence-electron chi connectivity index (χ0n) is 14.5. The summed E-state index contributed by atoms with van der Waals surface area (Å²) < 4.78 is 7.30. The number of halogens is 1. The monoisotopic (exact) mass is 455 g/mol. The average Bonchev–Trinajstić information content (AvgIpc) is 3.34. The number of hydrazone groups is 1. The van der Waals surface area contributed by atoms with Crippen LogP contribution >= 0.6 is 27.3 Å². The van der Waals surface area contributed by atoms with Crippen molar-refractivity contribution >= 4 is 38.7 Å². The number of nitro groups is 1. The van der Waals surface area contributed by atoms with Gasteiger partial charge in [-0.25, -0.2) is 5.01 Å². The summed E-state index contributed by atoms with van der Waals surface area (Å²) in [4.78, 5) is 11.9. The first kappa shape index (κ1) is 17.4. The first-order valence-electron chi connectivity index (χ1n) is 8.71. The van der Waals surface area contributed by atoms with Crippen molar-refractivity contribution in [2.45, 2.75) is 18.7 Å². The Morgan fingerprint density at radius 2 is 2.04 bits per heavy atom. The van der Waals surface area contributed by atoms with E-state index in [0.717, 1.165) is 32.1 Å². The first-order chi connectivity index (χ1) is 13.6. The van der Waals surface area contributed by atoms with Crippen LogP contribution < -0.4 is 4.74 Å². The maximum atomic E-state index is 11.2. The molecule has 8 heteroatoms. The van der Waals surface area contributed by atoms with Crippen molar-refractivity contribution in [1.82, 2.24) is 5.01 Å². The highest BCUT2D eigenvalue weighted by Crippen LogP contribution is 2.48. The lowest BCUT2D eigenvalue weighted by molar-refractivity contribution is -0.385. The van der Waals surface area contributed by atoms with Crippen molar-refractivity contribution in [3.05, 3.63) is 90.6 Å². The minimum absolute atomic E-state index is 0.0325. The van der Waals surface area contributed by atoms with Crippen molar-refractivity contribution in [2.75, 3.05) is 0 Å². The number of benzene rings is 2. The molecule has 28 heavy (non-hydrogen) atoms. The molecule has 2 aliphatic rings. The minimum atomic E-state index is -0.513. The number of para-hydroxylation sites is 1. The van der Waals surface area contributed by atoms with E-state index in [1.54, 1.807) is 23.5 Å². The molecule has 2 aromatic carbocycles. The summed E-state index contributed by atoms with van der Waals surface area (Å²) in [7, 11) is 0. The molecule has 3 heterocycles. The van der Waals surface area contributed by atoms with Crippen LogP contribution in [0, 0.1) is 10.1 Å². The number of thiophene rings is 1. The van der Waals surface area contributed by atoms with Gasteiger partial charge in [-0.2, -0.15) is 5.10 Å². The van der Waals surface area contributed by atoms with E-state index in [-0.39, 0.29) is 16.7 Å². The first-order valence-corrected chi connectivity index (χ1v) is 10.3. The number of ether oxygens (including phenoxy) is 1. The van der Waals surface area contributed by atoms with Crippen molar-refractivity contribution in [3.63, 3.8) is 0 Å². The van der Waals surface area contributed by atoms with Crippen molar-refractivity contribution in [3.8, 4) is 5.75 Å². The SMILES string of the molecule is O=[N+]([O-])c1cccc([C@@H]2Oc3ccccc3[C@H]3CC(c4ccc(Br)s4)=NN32)c1. The van der Waals surface area contributed by atoms with Crippen LogP contribution in [0.4, 0.5) is 5.69 Å². The Morgan fingerprint density at radius 3 is 2.82 bits per heavy atom. The van der Waals surface area contributed by atoms with Gasteiger partial charge in [-0.15, -0.1) is 11.3 Å². The predicted octanol–water partition coefficient (Wildman–Crippen LogP) is 5.66. The summed E-state index contributed by atoms with van der Waals surface area (Å²) in [5.41, 5.74) is 2.84. The van der Waals surface area contributed by atoms with Crippen molar-refractivity contribution in [1.29, 1.82) is 0 Å². The molecular formula is C20H14BrN3O3S. The molecule has 0 aliphatic carbocycles. The summed E-state index contributed by atoms with van der Waals surface area (Å²) in [5, 5.41) is 18.0. The van der Waals surface area contributed by atoms with Crippen LogP contribution in [0.3, 0.4) is 0 Å². The van der Waals surface area contributed by atoms with Gasteiger partial charge < -0.3 is 4.74 Å². The van der Waals surface area contributed by atoms with Crippen molar-refractivity contribution < 1.29 is 9.66 Å². The number of nitro benzene ring substituents is 1. The zero-order chi connectivity index (χ0) is 19.3. The summed E-state index contributed by atoms with van der Waals surface area (Å²) >= 11 is 5.16. The Hall–Kier alpha value is -2.71. The fourth-order valence-electron chi connectivity index (χ4n) is 3.66. The highest BCUT2D eigenvalue weighted by atomic mass is 79.9. The van der Waals surface area contributed by atoms with Crippen LogP contribution in [0.1, 0.15) is 34.7 Å². The number of non-ortho nitro benzene ring substituents is 1. The highest BCUT2D eigenvalue weighted by Gasteiger charge is 2.41. The van der Waals surface area contributed by atoms with Crippen LogP contribution in [0.2, 0.25) is 0 Å². The molecule has 0 N–H and O–H groups in total. The fraction of sp³-hybridized carbons (Fsp3) is 0.150. The van der Waals surface area contributed by atoms with E-state index in [4.69, 9.17) is 9.84 Å². The third kappa shape index (κ3) is 2.89. The molecule has 1 aromatic heterocycles. The Labute approximate surface area is 173 Å². The van der Waals surface area contributed by atoms with Gasteiger partial charge in [0.1, 0.15) is 5.75 Å². The highest BCUT2D eigenvalue weighted by molar-refractivity contribution is 9.11. The van der Waals surface area contributed by atoms with Crippen LogP contribution in [0.25, 0.3) is 0 Å². The van der Waals surface area contributed by atoms with Gasteiger partial charge in [-0.1, -0.05) is 30.3 Å². The van der Waals surface area contributed by atoms with E-state index < -0.39 is 6.23 Å². The summed E-state index contributed by atoms with van der Waals surface area (Å²) in [5.74, 6) is 0.795. The number of nitrogens with zero attached hydrogens (tertiary/aromatic N) is 3. The molecule has 0 unspecified atom stereocenters. The number of fused-ring (bicyclic) bond motifs is 3. The Bertz CT molecular complexity index is 1110. The topological polar surface area (TPSA) is 68.0 Å². The van der Waals surface area contributed by atoms with Gasteiger partial charge in [-0.05, 0) is 34.1 Å². The van der Waals surface area contributed by atoms with Gasteiger partial charge in [0.05, 0.1) is 25.3 Å². The smallest absolute Gasteiger partial charge is 0.269 e. The van der Waals surface area contributed by atoms with E-state index in [1.807, 2.05) is 35.3 Å². The molecule has 5 rings (SSSR count). The van der Waals surface area contributed by atoms with Crippen LogP contribution in [-0.2, 0) is 0 Å². The van der Waals surface area contributed by atoms with Gasteiger partial charge in [0.25, 0.3) is 5.69 Å². The molecule has 0 saturated heterocycles. The van der Waals surface area contributed by atoms with Gasteiger partial charge in [0.2, 0.25) is 6.23 Å². The Morgan fingerprint density at radius 1 is 1.18 bits per heavy atom. The molecule has 0 saturated carbocycles. The van der Waals surface area contributed by atoms with Gasteiger partial charge >= 0.3 is 0 Å². The van der Waals surface area contributed by atoms with Crippen LogP contribution in [0.5, 0.6) is 5.75 Å². The Kier molecular flexibility index (Phi) is 4.17. The summed E-state index contributed by atoms with van der Waals surface area (Å²) in [6, 6.07) is 18.6. The number of hydrogen-bond acceptors (Lipinski definition) is 6. The van der Waals surface area contributed by atoms with E-state index >= 15 is 0 Å². The molecular weight excluding hydrogens is 442 g/mol. The van der Waals surface area contributed by atoms with E-state index in [2.05, 4.69) is 28.1 Å². The molecule has 0 spiro atoms. The molecule has 2 atom stereocenters. The van der Waals surface area contributed by atoms with E-state index in [0.29, 0.717) is 5.56 Å². The molecule has 2 aliphatic heterocycles. The number of hydrogen-bond donors (Lipinski definition) is 0. The second-order valence-corrected chi connectivity index (χ2v) is 9.07. The molecule has 0 amide bonds. The molecule has 3 aromatic rings. The third-order valence-corrected chi connectivity index (χ3v) is 6.60. The number of rotatable bonds is 3. The molecule has 6 nitrogen and oxygen atoms in total. The van der Waals surface area contributed by atoms with Crippen molar-refractivity contribution in [2.24, 2.45) is 5.10 Å². The third-order valence-electron chi connectivity index (χ3n) is 4.92. The second kappa shape index (κ2) is 6.72. The second-order valence-electron chi connectivity index (χ2n) is 6.61. The maximum absolute atomic E-state index is 11.2. The predicted molar refractivity (Wildman–Crippen MR) is 111 cm³/mol. The van der Waals surface area contributed by atoms with Gasteiger partial charge in [-0.3, -0.25) is 10.1 Å². The quantitative estimate of drug-likeness (QED) is 0.377. The summed E-state index contributed by atoms with van der Waals surface area (Å²) in [6.45, 7) is 0. The molecule has 0 bridgehead atoms. The van der Waals surface area contributed by atoms with Gasteiger partial charge in [0.15, 0.2) is 0 Å². The van der Waals surface area contributed by atoms with Gasteiger partial charge in [0, 0.05) is 29.7 Å². The maximum Gasteiger partial charge on any atom is 0.269 e. The molecule has 140 valence electrons. The lowest BCUT2D eigenvalue weighted by Crippen LogP contribution is -2.33. The molecule has 0 radical (unpaired) electrons. The largest absolute Gasteiger partial charge is 0.464 e. The average molecular weight is 456 g/mol. The zero-order valence-corrected chi connectivity index (χ0v) is 16.9. The lowest BCUT2D eigenvalue weighted by atomic mass is 9.97. The minimum Gasteiger partial charge on any atom is -0.464 e. The van der Waals surface area contributed by atoms with Crippen LogP contribution in [0.15, 0.2) is 69.6 Å². The van der Waals surface area contributed by atoms with Crippen LogP contribution in [-0.4, -0.2) is 15.6 Å². The van der Waals surface area contributed by atoms with E-state index in [9.17, 15) is 10.1 Å².